The van der Waals surface area contributed by atoms with Crippen molar-refractivity contribution in [3.63, 3.8) is 0 Å². The minimum absolute atomic E-state index is 0.219. The molecule has 0 saturated carbocycles. The first-order chi connectivity index (χ1) is 10.7. The van der Waals surface area contributed by atoms with Gasteiger partial charge in [-0.25, -0.2) is 9.59 Å². The zero-order valence-electron chi connectivity index (χ0n) is 12.2. The summed E-state index contributed by atoms with van der Waals surface area (Å²) in [6.07, 6.45) is -0.526. The van der Waals surface area contributed by atoms with E-state index in [0.29, 0.717) is 17.9 Å². The van der Waals surface area contributed by atoms with Gasteiger partial charge >= 0.3 is 12.1 Å². The lowest BCUT2D eigenvalue weighted by Gasteiger charge is -2.07. The molecule has 0 heterocycles. The average molecular weight is 299 g/mol. The van der Waals surface area contributed by atoms with Crippen LogP contribution in [0.1, 0.15) is 22.8 Å². The number of nitrogens with one attached hydrogen (secondary N) is 1. The van der Waals surface area contributed by atoms with Crippen molar-refractivity contribution in [2.45, 2.75) is 13.5 Å². The van der Waals surface area contributed by atoms with Crippen LogP contribution in [-0.4, -0.2) is 18.6 Å². The number of amides is 1. The summed E-state index contributed by atoms with van der Waals surface area (Å²) >= 11 is 0. The zero-order valence-corrected chi connectivity index (χ0v) is 12.2. The first-order valence-corrected chi connectivity index (χ1v) is 6.96. The van der Waals surface area contributed by atoms with Crippen LogP contribution in [0.15, 0.2) is 54.6 Å². The molecule has 0 aliphatic carbocycles. The van der Waals surface area contributed by atoms with Crippen molar-refractivity contribution in [2.75, 3.05) is 6.54 Å². The third-order valence-corrected chi connectivity index (χ3v) is 2.83. The molecule has 0 fully saturated rings. The molecule has 2 rings (SSSR count). The van der Waals surface area contributed by atoms with Crippen molar-refractivity contribution in [2.24, 2.45) is 0 Å². The summed E-state index contributed by atoms with van der Waals surface area (Å²) in [5, 5.41) is 2.52. The summed E-state index contributed by atoms with van der Waals surface area (Å²) in [6.45, 7) is 2.51. The molecule has 2 aromatic carbocycles. The first-order valence-electron chi connectivity index (χ1n) is 6.96. The van der Waals surface area contributed by atoms with Gasteiger partial charge in [-0.2, -0.15) is 0 Å². The molecule has 0 radical (unpaired) electrons. The number of hydrogen-bond donors (Lipinski definition) is 1. The molecule has 0 aromatic heterocycles. The van der Waals surface area contributed by atoms with Crippen molar-refractivity contribution in [1.29, 1.82) is 0 Å². The second-order valence-electron chi connectivity index (χ2n) is 4.51. The predicted octanol–water partition coefficient (Wildman–Crippen LogP) is 3.15. The van der Waals surface area contributed by atoms with Crippen LogP contribution in [0.3, 0.4) is 0 Å². The Hall–Kier alpha value is -2.82. The van der Waals surface area contributed by atoms with Crippen LogP contribution in [0, 0.1) is 0 Å². The fourth-order valence-electron chi connectivity index (χ4n) is 1.75. The minimum Gasteiger partial charge on any atom is -0.457 e. The van der Waals surface area contributed by atoms with Crippen LogP contribution >= 0.6 is 0 Å². The number of carbonyl (C=O) groups excluding carboxylic acids is 2. The number of rotatable bonds is 5. The van der Waals surface area contributed by atoms with E-state index in [-0.39, 0.29) is 6.61 Å². The summed E-state index contributed by atoms with van der Waals surface area (Å²) in [7, 11) is 0. The molecule has 1 amide bonds. The molecule has 114 valence electrons. The van der Waals surface area contributed by atoms with Gasteiger partial charge in [0.2, 0.25) is 0 Å². The molecule has 0 aliphatic heterocycles. The maximum Gasteiger partial charge on any atom is 0.412 e. The number of hydrogen-bond acceptors (Lipinski definition) is 4. The van der Waals surface area contributed by atoms with E-state index in [0.717, 1.165) is 5.56 Å². The van der Waals surface area contributed by atoms with Crippen LogP contribution in [0.25, 0.3) is 0 Å². The van der Waals surface area contributed by atoms with Crippen molar-refractivity contribution in [3.8, 4) is 5.75 Å². The van der Waals surface area contributed by atoms with Gasteiger partial charge in [-0.05, 0) is 36.8 Å². The van der Waals surface area contributed by atoms with E-state index >= 15 is 0 Å². The summed E-state index contributed by atoms with van der Waals surface area (Å²) in [4.78, 5) is 23.2. The lowest BCUT2D eigenvalue weighted by Crippen LogP contribution is -2.26. The minimum atomic E-state index is -0.526. The number of esters is 1. The molecule has 22 heavy (non-hydrogen) atoms. The van der Waals surface area contributed by atoms with E-state index in [9.17, 15) is 9.59 Å². The number of benzene rings is 2. The summed E-state index contributed by atoms with van der Waals surface area (Å²) in [5.74, 6) is -0.0565. The van der Waals surface area contributed by atoms with Gasteiger partial charge in [-0.3, -0.25) is 0 Å². The quantitative estimate of drug-likeness (QED) is 0.861. The van der Waals surface area contributed by atoms with Crippen LogP contribution in [-0.2, 0) is 11.3 Å². The highest BCUT2D eigenvalue weighted by molar-refractivity contribution is 5.89. The molecule has 5 nitrogen and oxygen atoms in total. The predicted molar refractivity (Wildman–Crippen MR) is 81.7 cm³/mol. The lowest BCUT2D eigenvalue weighted by molar-refractivity contribution is 0.0472. The van der Waals surface area contributed by atoms with Crippen LogP contribution < -0.4 is 10.1 Å². The van der Waals surface area contributed by atoms with E-state index in [1.54, 1.807) is 31.2 Å². The van der Waals surface area contributed by atoms with Crippen LogP contribution in [0.5, 0.6) is 5.75 Å². The van der Waals surface area contributed by atoms with E-state index in [1.807, 2.05) is 30.3 Å². The van der Waals surface area contributed by atoms with Crippen molar-refractivity contribution in [3.05, 3.63) is 65.7 Å². The molecular weight excluding hydrogens is 282 g/mol. The second-order valence-corrected chi connectivity index (χ2v) is 4.51. The molecule has 0 unspecified atom stereocenters. The Morgan fingerprint density at radius 2 is 1.68 bits per heavy atom. The van der Waals surface area contributed by atoms with Gasteiger partial charge in [0.05, 0.1) is 5.56 Å². The molecular formula is C17H17NO4. The Labute approximate surface area is 128 Å². The summed E-state index contributed by atoms with van der Waals surface area (Å²) in [6, 6.07) is 15.7. The van der Waals surface area contributed by atoms with Gasteiger partial charge in [0.1, 0.15) is 12.4 Å². The van der Waals surface area contributed by atoms with Gasteiger partial charge in [-0.1, -0.05) is 30.3 Å². The molecule has 1 N–H and O–H groups in total. The largest absolute Gasteiger partial charge is 0.457 e. The molecule has 0 atom stereocenters. The highest BCUT2D eigenvalue weighted by atomic mass is 16.6. The number of ether oxygens (including phenoxy) is 2. The van der Waals surface area contributed by atoms with Gasteiger partial charge in [-0.15, -0.1) is 0 Å². The maximum atomic E-state index is 11.9. The van der Waals surface area contributed by atoms with E-state index in [1.165, 1.54) is 0 Å². The Bertz CT molecular complexity index is 623. The Morgan fingerprint density at radius 1 is 1.00 bits per heavy atom. The maximum absolute atomic E-state index is 11.9. The van der Waals surface area contributed by atoms with E-state index in [4.69, 9.17) is 9.47 Å². The topological polar surface area (TPSA) is 64.6 Å². The van der Waals surface area contributed by atoms with Crippen LogP contribution in [0.2, 0.25) is 0 Å². The fourth-order valence-corrected chi connectivity index (χ4v) is 1.75. The molecule has 0 spiro atoms. The van der Waals surface area contributed by atoms with Crippen molar-refractivity contribution >= 4 is 12.1 Å². The van der Waals surface area contributed by atoms with Gasteiger partial charge in [0.15, 0.2) is 0 Å². The highest BCUT2D eigenvalue weighted by Gasteiger charge is 2.09. The Balaban J connectivity index is 1.89. The second kappa shape index (κ2) is 7.83. The van der Waals surface area contributed by atoms with E-state index < -0.39 is 12.1 Å². The Morgan fingerprint density at radius 3 is 2.32 bits per heavy atom. The molecule has 0 bridgehead atoms. The third kappa shape index (κ3) is 4.63. The normalized spacial score (nSPS) is 9.86. The third-order valence-electron chi connectivity index (χ3n) is 2.83. The van der Waals surface area contributed by atoms with Gasteiger partial charge in [0, 0.05) is 6.54 Å². The lowest BCUT2D eigenvalue weighted by atomic mass is 10.2. The first kappa shape index (κ1) is 15.6. The zero-order chi connectivity index (χ0) is 15.8. The fraction of sp³-hybridized carbons (Fsp3) is 0.176. The van der Waals surface area contributed by atoms with Gasteiger partial charge < -0.3 is 14.8 Å². The van der Waals surface area contributed by atoms with E-state index in [2.05, 4.69) is 5.32 Å². The molecule has 0 aliphatic rings. The average Bonchev–Trinajstić information content (AvgIpc) is 2.54. The van der Waals surface area contributed by atoms with Crippen LogP contribution in [0.4, 0.5) is 4.79 Å². The molecule has 0 saturated heterocycles. The highest BCUT2D eigenvalue weighted by Crippen LogP contribution is 2.14. The smallest absolute Gasteiger partial charge is 0.412 e. The summed E-state index contributed by atoms with van der Waals surface area (Å²) in [5.41, 5.74) is 1.33. The Kier molecular flexibility index (Phi) is 5.54. The SMILES string of the molecule is CCNC(=O)Oc1ccc(C(=O)OCc2ccccc2)cc1. The van der Waals surface area contributed by atoms with Crippen molar-refractivity contribution < 1.29 is 19.1 Å². The van der Waals surface area contributed by atoms with Crippen molar-refractivity contribution in [1.82, 2.24) is 5.32 Å². The summed E-state index contributed by atoms with van der Waals surface area (Å²) < 4.78 is 10.2. The standard InChI is InChI=1S/C17H17NO4/c1-2-18-17(20)22-15-10-8-14(9-11-15)16(19)21-12-13-6-4-3-5-7-13/h3-11H,2,12H2,1H3,(H,18,20). The monoisotopic (exact) mass is 299 g/mol. The van der Waals surface area contributed by atoms with Gasteiger partial charge in [0.25, 0.3) is 0 Å². The molecule has 2 aromatic rings. The molecule has 5 heteroatoms. The number of carbonyl (C=O) groups is 2.